The molecule has 0 heterocycles. The van der Waals surface area contributed by atoms with E-state index in [1.54, 1.807) is 0 Å². The Bertz CT molecular complexity index is 357. The van der Waals surface area contributed by atoms with Crippen molar-refractivity contribution in [2.75, 3.05) is 6.61 Å². The first-order valence-electron chi connectivity index (χ1n) is 9.13. The highest BCUT2D eigenvalue weighted by Gasteiger charge is 2.49. The Kier molecular flexibility index (Phi) is 4.58. The highest BCUT2D eigenvalue weighted by molar-refractivity contribution is 5.81. The molecule has 3 saturated carbocycles. The van der Waals surface area contributed by atoms with E-state index in [2.05, 4.69) is 5.32 Å². The first kappa shape index (κ1) is 15.3. The van der Waals surface area contributed by atoms with Crippen molar-refractivity contribution in [2.45, 2.75) is 95.6 Å². The predicted octanol–water partition coefficient (Wildman–Crippen LogP) is 3.95. The Hall–Kier alpha value is -0.570. The first-order valence-corrected chi connectivity index (χ1v) is 9.13. The lowest BCUT2D eigenvalue weighted by molar-refractivity contribution is -0.154. The Morgan fingerprint density at radius 2 is 1.62 bits per heavy atom. The zero-order valence-corrected chi connectivity index (χ0v) is 13.6. The predicted molar refractivity (Wildman–Crippen MR) is 84.1 cm³/mol. The van der Waals surface area contributed by atoms with E-state index in [1.165, 1.54) is 64.2 Å². The summed E-state index contributed by atoms with van der Waals surface area (Å²) < 4.78 is 5.44. The standard InChI is InChI=1S/C18H31NO2/c1-2-21-16(20)18(19-15-7-3-4-8-15)13-11-17(12-14-18)9-5-6-10-17/h15,19H,2-14H2,1H3. The van der Waals surface area contributed by atoms with Crippen molar-refractivity contribution in [3.05, 3.63) is 0 Å². The van der Waals surface area contributed by atoms with Crippen LogP contribution in [0.4, 0.5) is 0 Å². The lowest BCUT2D eigenvalue weighted by Gasteiger charge is -2.45. The molecular weight excluding hydrogens is 262 g/mol. The van der Waals surface area contributed by atoms with Crippen molar-refractivity contribution in [3.63, 3.8) is 0 Å². The van der Waals surface area contributed by atoms with Gasteiger partial charge < -0.3 is 4.74 Å². The van der Waals surface area contributed by atoms with E-state index in [4.69, 9.17) is 4.74 Å². The second-order valence-corrected chi connectivity index (χ2v) is 7.64. The maximum atomic E-state index is 12.6. The third-order valence-electron chi connectivity index (χ3n) is 6.33. The number of esters is 1. The summed E-state index contributed by atoms with van der Waals surface area (Å²) in [4.78, 5) is 12.6. The molecule has 1 N–H and O–H groups in total. The molecule has 0 aromatic rings. The van der Waals surface area contributed by atoms with E-state index >= 15 is 0 Å². The van der Waals surface area contributed by atoms with Crippen molar-refractivity contribution in [1.29, 1.82) is 0 Å². The summed E-state index contributed by atoms with van der Waals surface area (Å²) in [5.41, 5.74) is 0.187. The van der Waals surface area contributed by atoms with Gasteiger partial charge in [0, 0.05) is 6.04 Å². The number of hydrogen-bond donors (Lipinski definition) is 1. The van der Waals surface area contributed by atoms with Crippen LogP contribution in [0.1, 0.15) is 84.0 Å². The van der Waals surface area contributed by atoms with Gasteiger partial charge in [0.05, 0.1) is 6.61 Å². The zero-order chi connectivity index (χ0) is 14.8. The number of carbonyl (C=O) groups excluding carboxylic acids is 1. The minimum atomic E-state index is -0.376. The fourth-order valence-corrected chi connectivity index (χ4v) is 4.97. The lowest BCUT2D eigenvalue weighted by atomic mass is 9.66. The smallest absolute Gasteiger partial charge is 0.326 e. The van der Waals surface area contributed by atoms with E-state index in [0.29, 0.717) is 18.1 Å². The average molecular weight is 293 g/mol. The van der Waals surface area contributed by atoms with Gasteiger partial charge >= 0.3 is 5.97 Å². The highest BCUT2D eigenvalue weighted by atomic mass is 16.5. The molecule has 0 unspecified atom stereocenters. The van der Waals surface area contributed by atoms with Gasteiger partial charge in [-0.15, -0.1) is 0 Å². The first-order chi connectivity index (χ1) is 10.2. The average Bonchev–Trinajstić information content (AvgIpc) is 3.14. The molecule has 3 fully saturated rings. The van der Waals surface area contributed by atoms with Gasteiger partial charge in [-0.3, -0.25) is 10.1 Å². The van der Waals surface area contributed by atoms with E-state index in [0.717, 1.165) is 12.8 Å². The molecular formula is C18H31NO2. The van der Waals surface area contributed by atoms with Crippen molar-refractivity contribution in [3.8, 4) is 0 Å². The summed E-state index contributed by atoms with van der Waals surface area (Å²) in [6.07, 6.45) is 15.0. The maximum absolute atomic E-state index is 12.6. The monoisotopic (exact) mass is 293 g/mol. The lowest BCUT2D eigenvalue weighted by Crippen LogP contribution is -2.58. The van der Waals surface area contributed by atoms with Gasteiger partial charge in [-0.05, 0) is 63.7 Å². The van der Waals surface area contributed by atoms with Gasteiger partial charge in [0.2, 0.25) is 0 Å². The largest absolute Gasteiger partial charge is 0.465 e. The Morgan fingerprint density at radius 3 is 2.19 bits per heavy atom. The van der Waals surface area contributed by atoms with Crippen LogP contribution >= 0.6 is 0 Å². The van der Waals surface area contributed by atoms with Crippen molar-refractivity contribution in [1.82, 2.24) is 5.32 Å². The Balaban J connectivity index is 1.69. The molecule has 0 aromatic carbocycles. The van der Waals surface area contributed by atoms with Crippen LogP contribution in [0.2, 0.25) is 0 Å². The van der Waals surface area contributed by atoms with Crippen LogP contribution < -0.4 is 5.32 Å². The molecule has 3 aliphatic rings. The molecule has 3 heteroatoms. The molecule has 3 nitrogen and oxygen atoms in total. The summed E-state index contributed by atoms with van der Waals surface area (Å²) >= 11 is 0. The molecule has 0 atom stereocenters. The van der Waals surface area contributed by atoms with Gasteiger partial charge in [0.1, 0.15) is 5.54 Å². The molecule has 0 radical (unpaired) electrons. The Labute approximate surface area is 129 Å². The van der Waals surface area contributed by atoms with E-state index in [1.807, 2.05) is 6.92 Å². The maximum Gasteiger partial charge on any atom is 0.326 e. The number of ether oxygens (including phenoxy) is 1. The van der Waals surface area contributed by atoms with E-state index < -0.39 is 0 Å². The quantitative estimate of drug-likeness (QED) is 0.797. The molecule has 1 spiro atoms. The van der Waals surface area contributed by atoms with E-state index in [9.17, 15) is 4.79 Å². The summed E-state index contributed by atoms with van der Waals surface area (Å²) in [6, 6.07) is 0.534. The number of hydrogen-bond acceptors (Lipinski definition) is 3. The molecule has 3 aliphatic carbocycles. The molecule has 21 heavy (non-hydrogen) atoms. The molecule has 0 saturated heterocycles. The second kappa shape index (κ2) is 6.28. The molecule has 120 valence electrons. The summed E-state index contributed by atoms with van der Waals surface area (Å²) in [5, 5.41) is 3.75. The zero-order valence-electron chi connectivity index (χ0n) is 13.6. The fourth-order valence-electron chi connectivity index (χ4n) is 4.97. The summed E-state index contributed by atoms with van der Waals surface area (Å²) in [5.74, 6) is 0.0183. The van der Waals surface area contributed by atoms with Gasteiger partial charge in [-0.2, -0.15) is 0 Å². The SMILES string of the molecule is CCOC(=O)C1(NC2CCCC2)CCC2(CCCC2)CC1. The van der Waals surface area contributed by atoms with Crippen molar-refractivity contribution in [2.24, 2.45) is 5.41 Å². The van der Waals surface area contributed by atoms with Crippen molar-refractivity contribution < 1.29 is 9.53 Å². The van der Waals surface area contributed by atoms with Crippen LogP contribution in [0.5, 0.6) is 0 Å². The third-order valence-corrected chi connectivity index (χ3v) is 6.33. The number of rotatable bonds is 4. The van der Waals surface area contributed by atoms with Crippen LogP contribution in [0.15, 0.2) is 0 Å². The summed E-state index contributed by atoms with van der Waals surface area (Å²) in [6.45, 7) is 2.42. The minimum absolute atomic E-state index is 0.0183. The van der Waals surface area contributed by atoms with Gasteiger partial charge in [-0.25, -0.2) is 0 Å². The fraction of sp³-hybridized carbons (Fsp3) is 0.944. The number of carbonyl (C=O) groups is 1. The van der Waals surface area contributed by atoms with Crippen LogP contribution in [-0.4, -0.2) is 24.2 Å². The Morgan fingerprint density at radius 1 is 1.00 bits per heavy atom. The molecule has 3 rings (SSSR count). The molecule has 0 aromatic heterocycles. The van der Waals surface area contributed by atoms with Crippen LogP contribution in [0, 0.1) is 5.41 Å². The minimum Gasteiger partial charge on any atom is -0.465 e. The van der Waals surface area contributed by atoms with E-state index in [-0.39, 0.29) is 11.5 Å². The van der Waals surface area contributed by atoms with Crippen LogP contribution in [-0.2, 0) is 9.53 Å². The van der Waals surface area contributed by atoms with Gasteiger partial charge in [-0.1, -0.05) is 25.7 Å². The normalized spacial score (nSPS) is 28.0. The molecule has 0 amide bonds. The summed E-state index contributed by atoms with van der Waals surface area (Å²) in [7, 11) is 0. The second-order valence-electron chi connectivity index (χ2n) is 7.64. The van der Waals surface area contributed by atoms with Crippen LogP contribution in [0.25, 0.3) is 0 Å². The molecule has 0 bridgehead atoms. The molecule has 0 aliphatic heterocycles. The topological polar surface area (TPSA) is 38.3 Å². The third kappa shape index (κ3) is 3.13. The highest BCUT2D eigenvalue weighted by Crippen LogP contribution is 2.51. The van der Waals surface area contributed by atoms with Gasteiger partial charge in [0.15, 0.2) is 0 Å². The van der Waals surface area contributed by atoms with Crippen LogP contribution in [0.3, 0.4) is 0 Å². The van der Waals surface area contributed by atoms with Crippen molar-refractivity contribution >= 4 is 5.97 Å². The van der Waals surface area contributed by atoms with Gasteiger partial charge in [0.25, 0.3) is 0 Å². The number of nitrogens with one attached hydrogen (secondary N) is 1.